The van der Waals surface area contributed by atoms with Crippen LogP contribution in [0.25, 0.3) is 0 Å². The molecule has 0 saturated heterocycles. The molecule has 0 fully saturated rings. The first-order valence-electron chi connectivity index (χ1n) is 7.59. The van der Waals surface area contributed by atoms with Gasteiger partial charge in [-0.2, -0.15) is 0 Å². The van der Waals surface area contributed by atoms with E-state index in [0.717, 1.165) is 11.8 Å². The zero-order chi connectivity index (χ0) is 18.9. The molecule has 2 rings (SSSR count). The number of carbonyl (C=O) groups excluding carboxylic acids is 2. The highest BCUT2D eigenvalue weighted by Gasteiger charge is 2.10. The number of benzene rings is 2. The van der Waals surface area contributed by atoms with Gasteiger partial charge in [-0.15, -0.1) is 11.8 Å². The first-order chi connectivity index (χ1) is 12.5. The van der Waals surface area contributed by atoms with Crippen LogP contribution in [-0.2, 0) is 20.9 Å². The van der Waals surface area contributed by atoms with Crippen LogP contribution in [0.3, 0.4) is 0 Å². The summed E-state index contributed by atoms with van der Waals surface area (Å²) in [7, 11) is 1.45. The second kappa shape index (κ2) is 10.0. The van der Waals surface area contributed by atoms with Crippen molar-refractivity contribution in [3.63, 3.8) is 0 Å². The molecule has 0 unspecified atom stereocenters. The predicted molar refractivity (Wildman–Crippen MR) is 100 cm³/mol. The molecule has 0 bridgehead atoms. The van der Waals surface area contributed by atoms with Crippen LogP contribution < -0.4 is 10.1 Å². The Morgan fingerprint density at radius 1 is 1.15 bits per heavy atom. The molecule has 0 aliphatic rings. The van der Waals surface area contributed by atoms with Gasteiger partial charge in [-0.1, -0.05) is 11.6 Å². The number of anilines is 1. The fourth-order valence-corrected chi connectivity index (χ4v) is 2.75. The van der Waals surface area contributed by atoms with Gasteiger partial charge in [-0.05, 0) is 42.5 Å². The van der Waals surface area contributed by atoms with Crippen molar-refractivity contribution in [1.82, 2.24) is 0 Å². The fraction of sp³-hybridized carbons (Fsp3) is 0.222. The predicted octanol–water partition coefficient (Wildman–Crippen LogP) is 3.90. The van der Waals surface area contributed by atoms with E-state index in [4.69, 9.17) is 21.1 Å². The molecular formula is C18H17ClFNO4S. The molecule has 0 radical (unpaired) electrons. The van der Waals surface area contributed by atoms with E-state index in [1.807, 2.05) is 0 Å². The third-order valence-corrected chi connectivity index (χ3v) is 4.37. The largest absolute Gasteiger partial charge is 0.496 e. The van der Waals surface area contributed by atoms with Crippen LogP contribution in [0, 0.1) is 5.82 Å². The van der Waals surface area contributed by atoms with E-state index in [1.165, 1.54) is 25.3 Å². The summed E-state index contributed by atoms with van der Waals surface area (Å²) >= 11 is 6.89. The molecule has 0 saturated carbocycles. The van der Waals surface area contributed by atoms with Crippen LogP contribution in [0.5, 0.6) is 5.75 Å². The van der Waals surface area contributed by atoms with Crippen molar-refractivity contribution >= 4 is 40.9 Å². The maximum Gasteiger partial charge on any atom is 0.316 e. The number of halogens is 2. The van der Waals surface area contributed by atoms with Crippen LogP contribution >= 0.6 is 23.4 Å². The lowest BCUT2D eigenvalue weighted by Crippen LogP contribution is -2.16. The third kappa shape index (κ3) is 6.57. The van der Waals surface area contributed by atoms with Crippen molar-refractivity contribution in [3.8, 4) is 5.75 Å². The lowest BCUT2D eigenvalue weighted by atomic mass is 10.2. The number of esters is 1. The Balaban J connectivity index is 1.71. The van der Waals surface area contributed by atoms with Crippen LogP contribution in [0.1, 0.15) is 5.56 Å². The Morgan fingerprint density at radius 2 is 1.88 bits per heavy atom. The Hall–Kier alpha value is -2.25. The molecule has 1 amide bonds. The lowest BCUT2D eigenvalue weighted by molar-refractivity contribution is -0.141. The minimum atomic E-state index is -0.499. The molecule has 0 spiro atoms. The van der Waals surface area contributed by atoms with Gasteiger partial charge in [-0.3, -0.25) is 9.59 Å². The number of methoxy groups -OCH3 is 1. The summed E-state index contributed by atoms with van der Waals surface area (Å²) in [5.41, 5.74) is 1.06. The SMILES string of the molecule is COc1ccc(F)cc1COC(=O)CSCC(=O)Nc1ccc(Cl)cc1. The summed E-state index contributed by atoms with van der Waals surface area (Å²) in [6.07, 6.45) is 0. The number of carbonyl (C=O) groups is 2. The van der Waals surface area contributed by atoms with E-state index in [9.17, 15) is 14.0 Å². The van der Waals surface area contributed by atoms with Gasteiger partial charge in [-0.25, -0.2) is 4.39 Å². The first-order valence-corrected chi connectivity index (χ1v) is 9.12. The van der Waals surface area contributed by atoms with E-state index in [1.54, 1.807) is 24.3 Å². The fourth-order valence-electron chi connectivity index (χ4n) is 2.02. The van der Waals surface area contributed by atoms with Crippen molar-refractivity contribution in [2.75, 3.05) is 23.9 Å². The van der Waals surface area contributed by atoms with E-state index in [2.05, 4.69) is 5.32 Å². The topological polar surface area (TPSA) is 64.6 Å². The summed E-state index contributed by atoms with van der Waals surface area (Å²) in [5, 5.41) is 3.27. The summed E-state index contributed by atoms with van der Waals surface area (Å²) < 4.78 is 23.4. The van der Waals surface area contributed by atoms with Crippen molar-refractivity contribution in [2.45, 2.75) is 6.61 Å². The normalized spacial score (nSPS) is 10.3. The molecule has 8 heteroatoms. The number of ether oxygens (including phenoxy) is 2. The maximum atomic E-state index is 13.2. The molecule has 2 aromatic carbocycles. The van der Waals surface area contributed by atoms with Crippen molar-refractivity contribution < 1.29 is 23.5 Å². The molecule has 138 valence electrons. The highest BCUT2D eigenvalue weighted by Crippen LogP contribution is 2.20. The minimum absolute atomic E-state index is 0.00562. The van der Waals surface area contributed by atoms with Gasteiger partial charge < -0.3 is 14.8 Å². The summed E-state index contributed by atoms with van der Waals surface area (Å²) in [6, 6.07) is 10.7. The van der Waals surface area contributed by atoms with Gasteiger partial charge in [0.2, 0.25) is 5.91 Å². The molecule has 0 atom stereocenters. The Morgan fingerprint density at radius 3 is 2.58 bits per heavy atom. The Bertz CT molecular complexity index is 770. The summed E-state index contributed by atoms with van der Waals surface area (Å²) in [5.74, 6) is -0.635. The molecule has 0 aromatic heterocycles. The molecule has 26 heavy (non-hydrogen) atoms. The number of rotatable bonds is 8. The molecule has 2 aromatic rings. The average Bonchev–Trinajstić information content (AvgIpc) is 2.62. The summed E-state index contributed by atoms with van der Waals surface area (Å²) in [4.78, 5) is 23.6. The van der Waals surface area contributed by atoms with Crippen molar-refractivity contribution in [2.24, 2.45) is 0 Å². The smallest absolute Gasteiger partial charge is 0.316 e. The maximum absolute atomic E-state index is 13.2. The quantitative estimate of drug-likeness (QED) is 0.684. The average molecular weight is 398 g/mol. The number of hydrogen-bond acceptors (Lipinski definition) is 5. The van der Waals surface area contributed by atoms with Gasteiger partial charge in [0.25, 0.3) is 0 Å². The lowest BCUT2D eigenvalue weighted by Gasteiger charge is -2.09. The number of thioether (sulfide) groups is 1. The Labute approximate surface area is 159 Å². The molecule has 0 aliphatic heterocycles. The third-order valence-electron chi connectivity index (χ3n) is 3.21. The van der Waals surface area contributed by atoms with E-state index in [0.29, 0.717) is 22.0 Å². The molecule has 0 heterocycles. The number of nitrogens with one attached hydrogen (secondary N) is 1. The zero-order valence-electron chi connectivity index (χ0n) is 14.0. The van der Waals surface area contributed by atoms with Gasteiger partial charge in [0, 0.05) is 16.3 Å². The van der Waals surface area contributed by atoms with Crippen molar-refractivity contribution in [1.29, 1.82) is 0 Å². The number of hydrogen-bond donors (Lipinski definition) is 1. The van der Waals surface area contributed by atoms with Crippen LogP contribution in [0.2, 0.25) is 5.02 Å². The zero-order valence-corrected chi connectivity index (χ0v) is 15.5. The second-order valence-corrected chi connectivity index (χ2v) is 6.59. The standard InChI is InChI=1S/C18H17ClFNO4S/c1-24-16-7-4-14(20)8-12(16)9-25-18(23)11-26-10-17(22)21-15-5-2-13(19)3-6-15/h2-8H,9-11H2,1H3,(H,21,22). The van der Waals surface area contributed by atoms with Crippen LogP contribution in [-0.4, -0.2) is 30.5 Å². The molecule has 0 aliphatic carbocycles. The van der Waals surface area contributed by atoms with Crippen LogP contribution in [0.4, 0.5) is 10.1 Å². The monoisotopic (exact) mass is 397 g/mol. The first kappa shape index (κ1) is 20.1. The second-order valence-electron chi connectivity index (χ2n) is 5.16. The Kier molecular flexibility index (Phi) is 7.74. The molecular weight excluding hydrogens is 381 g/mol. The van der Waals surface area contributed by atoms with E-state index in [-0.39, 0.29) is 24.0 Å². The van der Waals surface area contributed by atoms with Gasteiger partial charge in [0.05, 0.1) is 18.6 Å². The van der Waals surface area contributed by atoms with Gasteiger partial charge >= 0.3 is 5.97 Å². The molecule has 5 nitrogen and oxygen atoms in total. The van der Waals surface area contributed by atoms with E-state index >= 15 is 0 Å². The minimum Gasteiger partial charge on any atom is -0.496 e. The van der Waals surface area contributed by atoms with Gasteiger partial charge in [0.15, 0.2) is 0 Å². The van der Waals surface area contributed by atoms with Crippen LogP contribution in [0.15, 0.2) is 42.5 Å². The summed E-state index contributed by atoms with van der Waals surface area (Å²) in [6.45, 7) is -0.0999. The highest BCUT2D eigenvalue weighted by molar-refractivity contribution is 8.00. The molecule has 1 N–H and O–H groups in total. The van der Waals surface area contributed by atoms with E-state index < -0.39 is 11.8 Å². The highest BCUT2D eigenvalue weighted by atomic mass is 35.5. The van der Waals surface area contributed by atoms with Gasteiger partial charge in [0.1, 0.15) is 18.2 Å². The van der Waals surface area contributed by atoms with Crippen molar-refractivity contribution in [3.05, 3.63) is 58.9 Å². The number of amides is 1.